The second kappa shape index (κ2) is 7.91. The van der Waals surface area contributed by atoms with Crippen LogP contribution in [0.2, 0.25) is 0 Å². The van der Waals surface area contributed by atoms with Crippen LogP contribution in [0.5, 0.6) is 0 Å². The molecule has 7 heteroatoms. The van der Waals surface area contributed by atoms with Gasteiger partial charge in [-0.15, -0.1) is 0 Å². The number of rotatable bonds is 5. The standard InChI is InChI=1S/C18H23N3O3S/c1-12(14-7-6-13-4-2-3-5-15(13)10-14)20-17(23)19-8-9-21-16(22)11-25-18(21)24/h6-7,10,12H,2-5,8-9,11H2,1H3,(H2,19,20,23)/t12-/m0/s1. The van der Waals surface area contributed by atoms with Gasteiger partial charge in [-0.1, -0.05) is 30.0 Å². The Morgan fingerprint density at radius 2 is 2.00 bits per heavy atom. The molecule has 6 nitrogen and oxygen atoms in total. The molecule has 1 heterocycles. The predicted octanol–water partition coefficient (Wildman–Crippen LogP) is 2.62. The van der Waals surface area contributed by atoms with Gasteiger partial charge in [0.25, 0.3) is 5.24 Å². The van der Waals surface area contributed by atoms with E-state index in [1.54, 1.807) is 0 Å². The second-order valence-electron chi connectivity index (χ2n) is 6.46. The van der Waals surface area contributed by atoms with E-state index in [4.69, 9.17) is 0 Å². The lowest BCUT2D eigenvalue weighted by Crippen LogP contribution is -2.42. The molecule has 1 aromatic rings. The molecule has 1 aromatic carbocycles. The number of fused-ring (bicyclic) bond motifs is 1. The summed E-state index contributed by atoms with van der Waals surface area (Å²) in [5.74, 6) is 0.0000519. The summed E-state index contributed by atoms with van der Waals surface area (Å²) < 4.78 is 0. The Bertz CT molecular complexity index is 676. The Kier molecular flexibility index (Phi) is 5.63. The molecule has 2 aliphatic rings. The minimum absolute atomic E-state index is 0.0992. The van der Waals surface area contributed by atoms with Gasteiger partial charge in [-0.05, 0) is 49.3 Å². The van der Waals surface area contributed by atoms with E-state index in [0.29, 0.717) is 0 Å². The topological polar surface area (TPSA) is 78.5 Å². The number of urea groups is 1. The van der Waals surface area contributed by atoms with Gasteiger partial charge in [0.2, 0.25) is 5.91 Å². The van der Waals surface area contributed by atoms with Crippen molar-refractivity contribution in [2.24, 2.45) is 0 Å². The van der Waals surface area contributed by atoms with Crippen LogP contribution in [0.4, 0.5) is 9.59 Å². The van der Waals surface area contributed by atoms with Crippen LogP contribution < -0.4 is 10.6 Å². The molecular formula is C18H23N3O3S. The zero-order valence-electron chi connectivity index (χ0n) is 14.3. The zero-order valence-corrected chi connectivity index (χ0v) is 15.2. The van der Waals surface area contributed by atoms with E-state index < -0.39 is 0 Å². The molecule has 0 saturated carbocycles. The molecule has 3 rings (SSSR count). The van der Waals surface area contributed by atoms with Crippen LogP contribution in [0.25, 0.3) is 0 Å². The second-order valence-corrected chi connectivity index (χ2v) is 7.38. The van der Waals surface area contributed by atoms with Gasteiger partial charge in [0.05, 0.1) is 11.8 Å². The van der Waals surface area contributed by atoms with E-state index in [0.717, 1.165) is 30.2 Å². The smallest absolute Gasteiger partial charge is 0.315 e. The molecule has 1 atom stereocenters. The summed E-state index contributed by atoms with van der Waals surface area (Å²) in [6.07, 6.45) is 4.73. The van der Waals surface area contributed by atoms with Gasteiger partial charge < -0.3 is 10.6 Å². The Labute approximate surface area is 151 Å². The number of amides is 4. The number of nitrogens with zero attached hydrogens (tertiary/aromatic N) is 1. The number of hydrogen-bond donors (Lipinski definition) is 2. The maximum Gasteiger partial charge on any atom is 0.315 e. The third kappa shape index (κ3) is 4.34. The minimum atomic E-state index is -0.294. The van der Waals surface area contributed by atoms with Crippen molar-refractivity contribution in [3.63, 3.8) is 0 Å². The third-order valence-electron chi connectivity index (χ3n) is 4.68. The molecule has 0 bridgehead atoms. The van der Waals surface area contributed by atoms with Crippen molar-refractivity contribution in [1.82, 2.24) is 15.5 Å². The molecule has 134 valence electrons. The largest absolute Gasteiger partial charge is 0.336 e. The van der Waals surface area contributed by atoms with E-state index in [-0.39, 0.29) is 42.1 Å². The van der Waals surface area contributed by atoms with Crippen molar-refractivity contribution in [1.29, 1.82) is 0 Å². The van der Waals surface area contributed by atoms with Crippen LogP contribution >= 0.6 is 11.8 Å². The Balaban J connectivity index is 1.47. The number of carbonyl (C=O) groups is 3. The molecule has 0 unspecified atom stereocenters. The summed E-state index contributed by atoms with van der Waals surface area (Å²) in [6.45, 7) is 2.42. The first kappa shape index (κ1) is 17.8. The summed E-state index contributed by atoms with van der Waals surface area (Å²) >= 11 is 1.00. The van der Waals surface area contributed by atoms with Crippen molar-refractivity contribution in [3.8, 4) is 0 Å². The van der Waals surface area contributed by atoms with E-state index in [9.17, 15) is 14.4 Å². The van der Waals surface area contributed by atoms with Gasteiger partial charge >= 0.3 is 6.03 Å². The van der Waals surface area contributed by atoms with E-state index in [2.05, 4.69) is 28.8 Å². The third-order valence-corrected chi connectivity index (χ3v) is 5.54. The molecule has 1 saturated heterocycles. The normalized spacial score (nSPS) is 18.0. The first-order chi connectivity index (χ1) is 12.0. The maximum atomic E-state index is 12.0. The van der Waals surface area contributed by atoms with Gasteiger partial charge in [0.15, 0.2) is 0 Å². The van der Waals surface area contributed by atoms with E-state index in [1.807, 2.05) is 6.92 Å². The van der Waals surface area contributed by atoms with Crippen molar-refractivity contribution >= 4 is 28.9 Å². The van der Waals surface area contributed by atoms with Crippen LogP contribution in [0.3, 0.4) is 0 Å². The van der Waals surface area contributed by atoms with Gasteiger partial charge in [0.1, 0.15) is 0 Å². The zero-order chi connectivity index (χ0) is 17.8. The van der Waals surface area contributed by atoms with Crippen molar-refractivity contribution in [2.45, 2.75) is 38.6 Å². The average molecular weight is 361 g/mol. The summed E-state index contributed by atoms with van der Waals surface area (Å²) in [6, 6.07) is 6.05. The lowest BCUT2D eigenvalue weighted by Gasteiger charge is -2.20. The van der Waals surface area contributed by atoms with Gasteiger partial charge in [-0.3, -0.25) is 14.5 Å². The average Bonchev–Trinajstić information content (AvgIpc) is 2.93. The molecule has 2 N–H and O–H groups in total. The number of thioether (sulfide) groups is 1. The summed E-state index contributed by atoms with van der Waals surface area (Å²) in [4.78, 5) is 36.2. The van der Waals surface area contributed by atoms with Crippen molar-refractivity contribution in [2.75, 3.05) is 18.8 Å². The maximum absolute atomic E-state index is 12.0. The summed E-state index contributed by atoms with van der Waals surface area (Å²) in [5, 5.41) is 5.37. The monoisotopic (exact) mass is 361 g/mol. The highest BCUT2D eigenvalue weighted by Crippen LogP contribution is 2.24. The molecule has 25 heavy (non-hydrogen) atoms. The van der Waals surface area contributed by atoms with Crippen LogP contribution in [0.15, 0.2) is 18.2 Å². The quantitative estimate of drug-likeness (QED) is 0.845. The molecule has 1 aliphatic heterocycles. The van der Waals surface area contributed by atoms with Crippen LogP contribution in [0.1, 0.15) is 42.5 Å². The highest BCUT2D eigenvalue weighted by Gasteiger charge is 2.29. The highest BCUT2D eigenvalue weighted by molar-refractivity contribution is 8.14. The number of nitrogens with one attached hydrogen (secondary N) is 2. The number of hydrogen-bond acceptors (Lipinski definition) is 4. The molecule has 0 spiro atoms. The van der Waals surface area contributed by atoms with Crippen LogP contribution in [0, 0.1) is 0 Å². The Hall–Kier alpha value is -2.02. The fourth-order valence-corrected chi connectivity index (χ4v) is 3.98. The minimum Gasteiger partial charge on any atom is -0.336 e. The highest BCUT2D eigenvalue weighted by atomic mass is 32.2. The van der Waals surface area contributed by atoms with E-state index >= 15 is 0 Å². The predicted molar refractivity (Wildman–Crippen MR) is 97.6 cm³/mol. The SMILES string of the molecule is C[C@H](NC(=O)NCCN1C(=O)CSC1=O)c1ccc2c(c1)CCCC2. The van der Waals surface area contributed by atoms with Crippen molar-refractivity contribution < 1.29 is 14.4 Å². The van der Waals surface area contributed by atoms with Gasteiger partial charge in [0, 0.05) is 13.1 Å². The lowest BCUT2D eigenvalue weighted by molar-refractivity contribution is -0.124. The lowest BCUT2D eigenvalue weighted by atomic mass is 9.89. The molecular weight excluding hydrogens is 338 g/mol. The number of carbonyl (C=O) groups excluding carboxylic acids is 3. The summed E-state index contributed by atoms with van der Waals surface area (Å²) in [7, 11) is 0. The Morgan fingerprint density at radius 1 is 1.24 bits per heavy atom. The Morgan fingerprint density at radius 3 is 2.72 bits per heavy atom. The molecule has 0 radical (unpaired) electrons. The van der Waals surface area contributed by atoms with Gasteiger partial charge in [-0.25, -0.2) is 4.79 Å². The molecule has 0 aromatic heterocycles. The first-order valence-corrected chi connectivity index (χ1v) is 9.66. The molecule has 4 amide bonds. The number of imide groups is 1. The molecule has 1 fully saturated rings. The fourth-order valence-electron chi connectivity index (χ4n) is 3.23. The number of benzene rings is 1. The molecule has 1 aliphatic carbocycles. The van der Waals surface area contributed by atoms with Gasteiger partial charge in [-0.2, -0.15) is 0 Å². The number of aryl methyl sites for hydroxylation is 2. The first-order valence-electron chi connectivity index (χ1n) is 8.68. The van der Waals surface area contributed by atoms with Crippen molar-refractivity contribution in [3.05, 3.63) is 34.9 Å². The van der Waals surface area contributed by atoms with E-state index in [1.165, 1.54) is 28.9 Å². The fraction of sp³-hybridized carbons (Fsp3) is 0.500. The summed E-state index contributed by atoms with van der Waals surface area (Å²) in [5.41, 5.74) is 3.91. The van der Waals surface area contributed by atoms with Crippen LogP contribution in [-0.4, -0.2) is 40.9 Å². The van der Waals surface area contributed by atoms with Crippen LogP contribution in [-0.2, 0) is 17.6 Å².